The molecule has 0 N–H and O–H groups in total. The molecule has 5 heavy (non-hydrogen) atoms. The molecule has 0 spiro atoms. The van der Waals surface area contributed by atoms with Crippen LogP contribution in [0.5, 0.6) is 0 Å². The highest BCUT2D eigenvalue weighted by Crippen LogP contribution is 1.63. The van der Waals surface area contributed by atoms with Gasteiger partial charge in [0.2, 0.25) is 0 Å². The van der Waals surface area contributed by atoms with Crippen molar-refractivity contribution in [1.29, 1.82) is 0 Å². The van der Waals surface area contributed by atoms with Crippen LogP contribution in [-0.4, -0.2) is 11.4 Å². The zero-order chi connectivity index (χ0) is 4.28. The van der Waals surface area contributed by atoms with Crippen LogP contribution in [0.4, 0.5) is 0 Å². The Hall–Kier alpha value is -0.440. The lowest BCUT2D eigenvalue weighted by Crippen LogP contribution is -1.80. The van der Waals surface area contributed by atoms with Crippen molar-refractivity contribution in [3.05, 3.63) is 0 Å². The van der Waals surface area contributed by atoms with Gasteiger partial charge in [0.15, 0.2) is 0 Å². The molecule has 0 saturated heterocycles. The average molecular weight is 88.1 g/mol. The third-order valence-electron chi connectivity index (χ3n) is 0.0833. The van der Waals surface area contributed by atoms with E-state index >= 15 is 0 Å². The Bertz CT molecular complexity index is 58.7. The standard InChI is InChI=1S/C2O2S/c3-1-2(4)5. The molecule has 0 saturated carbocycles. The fraction of sp³-hybridized carbons (Fsp3) is 0. The van der Waals surface area contributed by atoms with E-state index in [0.717, 1.165) is 6.29 Å². The molecule has 0 aromatic rings. The first-order valence-electron chi connectivity index (χ1n) is 0.862. The highest BCUT2D eigenvalue weighted by atomic mass is 32.1. The summed E-state index contributed by atoms with van der Waals surface area (Å²) in [6.07, 6.45) is 0.954. The lowest BCUT2D eigenvalue weighted by atomic mass is 10.9. The molecular formula is C2O2S. The van der Waals surface area contributed by atoms with Gasteiger partial charge in [0.1, 0.15) is 0 Å². The van der Waals surface area contributed by atoms with Gasteiger partial charge in [0.05, 0.1) is 0 Å². The van der Waals surface area contributed by atoms with E-state index in [0.29, 0.717) is 0 Å². The Kier molecular flexibility index (Phi) is 1.68. The summed E-state index contributed by atoms with van der Waals surface area (Å²) < 4.78 is 0. The summed E-state index contributed by atoms with van der Waals surface area (Å²) >= 11 is 3.72. The SMILES string of the molecule is O=[C]C(=O)[S]. The normalized spacial score (nSPS) is 6.40. The van der Waals surface area contributed by atoms with Gasteiger partial charge in [0.25, 0.3) is 11.4 Å². The summed E-state index contributed by atoms with van der Waals surface area (Å²) in [4.78, 5) is 18.1. The van der Waals surface area contributed by atoms with E-state index in [1.807, 2.05) is 0 Å². The van der Waals surface area contributed by atoms with Crippen LogP contribution >= 0.6 is 12.6 Å². The summed E-state index contributed by atoms with van der Waals surface area (Å²) in [5.74, 6) is 0. The zero-order valence-corrected chi connectivity index (χ0v) is 3.04. The van der Waals surface area contributed by atoms with Gasteiger partial charge in [0, 0.05) is 0 Å². The van der Waals surface area contributed by atoms with Crippen LogP contribution in [0, 0.1) is 0 Å². The van der Waals surface area contributed by atoms with Crippen LogP contribution in [0.15, 0.2) is 0 Å². The first-order chi connectivity index (χ1) is 2.27. The second-order valence-corrected chi connectivity index (χ2v) is 0.760. The van der Waals surface area contributed by atoms with Crippen molar-refractivity contribution in [2.24, 2.45) is 0 Å². The van der Waals surface area contributed by atoms with Gasteiger partial charge in [-0.3, -0.25) is 9.59 Å². The second kappa shape index (κ2) is 1.84. The number of hydrogen-bond acceptors (Lipinski definition) is 2. The molecule has 0 bridgehead atoms. The van der Waals surface area contributed by atoms with Gasteiger partial charge in [-0.2, -0.15) is 0 Å². The number of carbonyl (C=O) groups is 1. The Morgan fingerprint density at radius 2 is 2.00 bits per heavy atom. The zero-order valence-electron chi connectivity index (χ0n) is 2.22. The quantitative estimate of drug-likeness (QED) is 0.417. The highest BCUT2D eigenvalue weighted by molar-refractivity contribution is 7.98. The summed E-state index contributed by atoms with van der Waals surface area (Å²) in [5, 5.41) is -0.968. The smallest absolute Gasteiger partial charge is 0.280 e. The topological polar surface area (TPSA) is 34.1 Å². The Morgan fingerprint density at radius 1 is 1.80 bits per heavy atom. The van der Waals surface area contributed by atoms with E-state index in [9.17, 15) is 4.79 Å². The van der Waals surface area contributed by atoms with Crippen molar-refractivity contribution >= 4 is 24.0 Å². The van der Waals surface area contributed by atoms with Gasteiger partial charge >= 0.3 is 0 Å². The maximum Gasteiger partial charge on any atom is 0.293 e. The fourth-order valence-corrected chi connectivity index (χ4v) is 0. The molecule has 0 heterocycles. The summed E-state index contributed by atoms with van der Waals surface area (Å²) in [7, 11) is 0. The number of carbonyl (C=O) groups excluding carboxylic acids is 2. The summed E-state index contributed by atoms with van der Waals surface area (Å²) in [5.41, 5.74) is 0. The third-order valence-corrected chi connectivity index (χ3v) is 0.167. The predicted molar refractivity (Wildman–Crippen MR) is 18.3 cm³/mol. The van der Waals surface area contributed by atoms with Crippen molar-refractivity contribution < 1.29 is 9.59 Å². The van der Waals surface area contributed by atoms with Crippen molar-refractivity contribution in [2.45, 2.75) is 0 Å². The monoisotopic (exact) mass is 88.0 g/mol. The van der Waals surface area contributed by atoms with E-state index in [1.165, 1.54) is 0 Å². The maximum absolute atomic E-state index is 9.20. The van der Waals surface area contributed by atoms with Crippen molar-refractivity contribution in [3.8, 4) is 0 Å². The lowest BCUT2D eigenvalue weighted by molar-refractivity contribution is -0.105. The third kappa shape index (κ3) is 3.56. The largest absolute Gasteiger partial charge is 0.293 e. The van der Waals surface area contributed by atoms with Crippen LogP contribution in [0.1, 0.15) is 0 Å². The minimum Gasteiger partial charge on any atom is -0.280 e. The van der Waals surface area contributed by atoms with Crippen LogP contribution in [-0.2, 0) is 9.59 Å². The molecular weight excluding hydrogens is 88.1 g/mol. The maximum atomic E-state index is 9.20. The minimum atomic E-state index is -0.968. The molecule has 0 unspecified atom stereocenters. The average Bonchev–Trinajstić information content (AvgIpc) is 1.38. The molecule has 0 atom stereocenters. The first kappa shape index (κ1) is 4.56. The predicted octanol–water partition coefficient (Wildman–Crippen LogP) is -0.180. The minimum absolute atomic E-state index is 0.954. The Labute approximate surface area is 34.6 Å². The molecule has 0 aliphatic rings. The van der Waals surface area contributed by atoms with Crippen molar-refractivity contribution in [3.63, 3.8) is 0 Å². The van der Waals surface area contributed by atoms with E-state index in [-0.39, 0.29) is 0 Å². The lowest BCUT2D eigenvalue weighted by Gasteiger charge is -1.51. The molecule has 2 radical (unpaired) electrons. The Balaban J connectivity index is 3.20. The fourth-order valence-electron chi connectivity index (χ4n) is 0. The Morgan fingerprint density at radius 3 is 2.00 bits per heavy atom. The van der Waals surface area contributed by atoms with Crippen LogP contribution < -0.4 is 0 Å². The molecule has 26 valence electrons. The van der Waals surface area contributed by atoms with E-state index in [4.69, 9.17) is 4.79 Å². The molecule has 2 nitrogen and oxygen atoms in total. The second-order valence-electron chi connectivity index (χ2n) is 0.390. The van der Waals surface area contributed by atoms with Crippen molar-refractivity contribution in [1.82, 2.24) is 0 Å². The molecule has 0 aromatic heterocycles. The van der Waals surface area contributed by atoms with Gasteiger partial charge < -0.3 is 0 Å². The van der Waals surface area contributed by atoms with E-state index < -0.39 is 5.12 Å². The molecule has 0 rings (SSSR count). The molecule has 0 aliphatic carbocycles. The van der Waals surface area contributed by atoms with Gasteiger partial charge in [-0.25, -0.2) is 0 Å². The van der Waals surface area contributed by atoms with Gasteiger partial charge in [-0.05, 0) is 12.6 Å². The van der Waals surface area contributed by atoms with E-state index in [1.54, 1.807) is 0 Å². The van der Waals surface area contributed by atoms with Gasteiger partial charge in [-0.1, -0.05) is 0 Å². The summed E-state index contributed by atoms with van der Waals surface area (Å²) in [6, 6.07) is 0. The number of hydrogen-bond donors (Lipinski definition) is 0. The molecule has 0 aliphatic heterocycles. The van der Waals surface area contributed by atoms with E-state index in [2.05, 4.69) is 12.6 Å². The van der Waals surface area contributed by atoms with Gasteiger partial charge in [-0.15, -0.1) is 0 Å². The molecule has 0 aromatic carbocycles. The summed E-state index contributed by atoms with van der Waals surface area (Å²) in [6.45, 7) is 0. The van der Waals surface area contributed by atoms with Crippen LogP contribution in [0.25, 0.3) is 0 Å². The molecule has 3 heteroatoms. The highest BCUT2D eigenvalue weighted by Gasteiger charge is 1.83. The molecule has 0 fully saturated rings. The number of rotatable bonds is 1. The first-order valence-corrected chi connectivity index (χ1v) is 1.27. The van der Waals surface area contributed by atoms with Crippen molar-refractivity contribution in [2.75, 3.05) is 0 Å². The van der Waals surface area contributed by atoms with Crippen LogP contribution in [0.3, 0.4) is 0 Å². The molecule has 0 amide bonds. The van der Waals surface area contributed by atoms with Crippen LogP contribution in [0.2, 0.25) is 0 Å².